The van der Waals surface area contributed by atoms with Crippen LogP contribution in [0.4, 0.5) is 0 Å². The van der Waals surface area contributed by atoms with Crippen LogP contribution in [0.15, 0.2) is 34.3 Å². The molecule has 0 saturated heterocycles. The lowest BCUT2D eigenvalue weighted by atomic mass is 10.1. The summed E-state index contributed by atoms with van der Waals surface area (Å²) in [5, 5.41) is 11.2. The van der Waals surface area contributed by atoms with Gasteiger partial charge < -0.3 is 5.32 Å². The summed E-state index contributed by atoms with van der Waals surface area (Å²) in [5.74, 6) is 0.845. The molecule has 0 bridgehead atoms. The molecule has 0 saturated carbocycles. The molecule has 102 valence electrons. The van der Waals surface area contributed by atoms with Crippen LogP contribution in [0.1, 0.15) is 37.7 Å². The van der Waals surface area contributed by atoms with Crippen molar-refractivity contribution in [1.29, 1.82) is 0 Å². The van der Waals surface area contributed by atoms with Crippen molar-refractivity contribution in [1.82, 2.24) is 20.5 Å². The van der Waals surface area contributed by atoms with Crippen LogP contribution in [-0.2, 0) is 0 Å². The van der Waals surface area contributed by atoms with Gasteiger partial charge in [0.25, 0.3) is 0 Å². The zero-order valence-corrected chi connectivity index (χ0v) is 12.4. The van der Waals surface area contributed by atoms with Crippen molar-refractivity contribution in [2.45, 2.75) is 43.3 Å². The van der Waals surface area contributed by atoms with Gasteiger partial charge in [0, 0.05) is 10.9 Å². The van der Waals surface area contributed by atoms with Crippen molar-refractivity contribution in [3.8, 4) is 0 Å². The zero-order chi connectivity index (χ0) is 13.7. The maximum absolute atomic E-state index is 4.29. The summed E-state index contributed by atoms with van der Waals surface area (Å²) in [4.78, 5) is 5.45. The molecule has 2 N–H and O–H groups in total. The smallest absolute Gasteiger partial charge is 0.213 e. The second-order valence-corrected chi connectivity index (χ2v) is 5.43. The lowest BCUT2D eigenvalue weighted by molar-refractivity contribution is 0.537. The summed E-state index contributed by atoms with van der Waals surface area (Å²) >= 11 is 1.58. The molecule has 0 radical (unpaired) electrons. The van der Waals surface area contributed by atoms with E-state index in [4.69, 9.17) is 0 Å². The maximum Gasteiger partial charge on any atom is 0.213 e. The summed E-state index contributed by atoms with van der Waals surface area (Å²) in [7, 11) is 0. The van der Waals surface area contributed by atoms with Crippen molar-refractivity contribution in [2.75, 3.05) is 6.54 Å². The molecular formula is C14H20N4S. The molecule has 1 heterocycles. The number of H-pyrrole nitrogens is 1. The molecule has 1 atom stereocenters. The van der Waals surface area contributed by atoms with Crippen LogP contribution in [0.3, 0.4) is 0 Å². The topological polar surface area (TPSA) is 53.6 Å². The van der Waals surface area contributed by atoms with Crippen molar-refractivity contribution >= 4 is 11.8 Å². The summed E-state index contributed by atoms with van der Waals surface area (Å²) in [6, 6.07) is 9.06. The second-order valence-electron chi connectivity index (χ2n) is 4.39. The standard InChI is InChI=1S/C14H20N4S/c1-4-13(15-5-2)11-6-8-12(9-7-11)19-14-16-10(3)17-18-14/h6-9,13,15H,4-5H2,1-3H3,(H,16,17,18). The van der Waals surface area contributed by atoms with E-state index < -0.39 is 0 Å². The summed E-state index contributed by atoms with van der Waals surface area (Å²) in [5.41, 5.74) is 1.33. The first-order valence-electron chi connectivity index (χ1n) is 6.63. The first kappa shape index (κ1) is 14.1. The molecule has 0 fully saturated rings. The molecule has 0 aliphatic carbocycles. The quantitative estimate of drug-likeness (QED) is 0.850. The van der Waals surface area contributed by atoms with E-state index in [1.54, 1.807) is 11.8 Å². The van der Waals surface area contributed by atoms with Crippen molar-refractivity contribution in [3.05, 3.63) is 35.7 Å². The number of aryl methyl sites for hydroxylation is 1. The Hall–Kier alpha value is -1.33. The number of aromatic nitrogens is 3. The Bertz CT molecular complexity index is 506. The molecule has 5 heteroatoms. The Balaban J connectivity index is 2.05. The third kappa shape index (κ3) is 3.81. The Morgan fingerprint density at radius 1 is 1.26 bits per heavy atom. The second kappa shape index (κ2) is 6.73. The lowest BCUT2D eigenvalue weighted by Crippen LogP contribution is -2.19. The highest BCUT2D eigenvalue weighted by Crippen LogP contribution is 2.26. The van der Waals surface area contributed by atoms with Gasteiger partial charge in [-0.05, 0) is 49.3 Å². The number of nitrogens with zero attached hydrogens (tertiary/aromatic N) is 2. The van der Waals surface area contributed by atoms with Crippen LogP contribution in [0.25, 0.3) is 0 Å². The van der Waals surface area contributed by atoms with Gasteiger partial charge in [-0.25, -0.2) is 4.98 Å². The number of rotatable bonds is 6. The minimum atomic E-state index is 0.440. The average Bonchev–Trinajstić information content (AvgIpc) is 2.82. The molecule has 2 aromatic rings. The first-order chi connectivity index (χ1) is 9.22. The molecule has 0 aliphatic heterocycles. The van der Waals surface area contributed by atoms with E-state index in [1.807, 2.05) is 6.92 Å². The van der Waals surface area contributed by atoms with Gasteiger partial charge in [0.05, 0.1) is 0 Å². The SMILES string of the molecule is CCNC(CC)c1ccc(Sc2n[nH]c(C)n2)cc1. The first-order valence-corrected chi connectivity index (χ1v) is 7.44. The minimum absolute atomic E-state index is 0.440. The Labute approximate surface area is 118 Å². The molecule has 1 unspecified atom stereocenters. The molecule has 2 rings (SSSR count). The van der Waals surface area contributed by atoms with Crippen molar-refractivity contribution < 1.29 is 0 Å². The van der Waals surface area contributed by atoms with Gasteiger partial charge in [0.2, 0.25) is 5.16 Å². The monoisotopic (exact) mass is 276 g/mol. The molecular weight excluding hydrogens is 256 g/mol. The average molecular weight is 276 g/mol. The molecule has 19 heavy (non-hydrogen) atoms. The van der Waals surface area contributed by atoms with Gasteiger partial charge in [-0.1, -0.05) is 26.0 Å². The fourth-order valence-electron chi connectivity index (χ4n) is 1.99. The van der Waals surface area contributed by atoms with Crippen LogP contribution in [0.5, 0.6) is 0 Å². The Morgan fingerprint density at radius 3 is 2.53 bits per heavy atom. The minimum Gasteiger partial charge on any atom is -0.310 e. The largest absolute Gasteiger partial charge is 0.310 e. The van der Waals surface area contributed by atoms with Gasteiger partial charge in [0.1, 0.15) is 5.82 Å². The number of nitrogens with one attached hydrogen (secondary N) is 2. The number of hydrogen-bond donors (Lipinski definition) is 2. The van der Waals surface area contributed by atoms with Crippen LogP contribution < -0.4 is 5.32 Å². The highest BCUT2D eigenvalue weighted by molar-refractivity contribution is 7.99. The Kier molecular flexibility index (Phi) is 4.99. The third-order valence-electron chi connectivity index (χ3n) is 2.93. The molecule has 0 amide bonds. The van der Waals surface area contributed by atoms with Gasteiger partial charge in [-0.3, -0.25) is 5.10 Å². The van der Waals surface area contributed by atoms with Crippen molar-refractivity contribution in [2.24, 2.45) is 0 Å². The van der Waals surface area contributed by atoms with E-state index in [2.05, 4.69) is 58.6 Å². The van der Waals surface area contributed by atoms with E-state index >= 15 is 0 Å². The van der Waals surface area contributed by atoms with Gasteiger partial charge in [0.15, 0.2) is 0 Å². The van der Waals surface area contributed by atoms with Crippen LogP contribution >= 0.6 is 11.8 Å². The fourth-order valence-corrected chi connectivity index (χ4v) is 2.74. The predicted molar refractivity (Wildman–Crippen MR) is 78.4 cm³/mol. The van der Waals surface area contributed by atoms with E-state index in [0.29, 0.717) is 6.04 Å². The highest BCUT2D eigenvalue weighted by Gasteiger charge is 2.08. The molecule has 0 aliphatic rings. The van der Waals surface area contributed by atoms with Crippen LogP contribution in [0, 0.1) is 6.92 Å². The molecule has 0 spiro atoms. The fraction of sp³-hybridized carbons (Fsp3) is 0.429. The number of aromatic amines is 1. The summed E-state index contributed by atoms with van der Waals surface area (Å²) in [6.45, 7) is 7.23. The maximum atomic E-state index is 4.29. The van der Waals surface area contributed by atoms with Crippen LogP contribution in [0.2, 0.25) is 0 Å². The highest BCUT2D eigenvalue weighted by atomic mass is 32.2. The third-order valence-corrected chi connectivity index (χ3v) is 3.80. The van der Waals surface area contributed by atoms with Crippen LogP contribution in [-0.4, -0.2) is 21.7 Å². The normalized spacial score (nSPS) is 12.6. The zero-order valence-electron chi connectivity index (χ0n) is 11.6. The van der Waals surface area contributed by atoms with E-state index in [9.17, 15) is 0 Å². The van der Waals surface area contributed by atoms with E-state index in [1.165, 1.54) is 5.56 Å². The molecule has 4 nitrogen and oxygen atoms in total. The number of benzene rings is 1. The summed E-state index contributed by atoms with van der Waals surface area (Å²) in [6.07, 6.45) is 1.10. The van der Waals surface area contributed by atoms with Gasteiger partial charge >= 0.3 is 0 Å². The van der Waals surface area contributed by atoms with E-state index in [0.717, 1.165) is 28.8 Å². The van der Waals surface area contributed by atoms with Gasteiger partial charge in [-0.15, -0.1) is 5.10 Å². The molecule has 1 aromatic carbocycles. The predicted octanol–water partition coefficient (Wildman–Crippen LogP) is 3.32. The van der Waals surface area contributed by atoms with E-state index in [-0.39, 0.29) is 0 Å². The summed E-state index contributed by atoms with van der Waals surface area (Å²) < 4.78 is 0. The van der Waals surface area contributed by atoms with Crippen molar-refractivity contribution in [3.63, 3.8) is 0 Å². The molecule has 1 aromatic heterocycles. The Morgan fingerprint density at radius 2 is 2.00 bits per heavy atom. The van der Waals surface area contributed by atoms with Gasteiger partial charge in [-0.2, -0.15) is 0 Å². The lowest BCUT2D eigenvalue weighted by Gasteiger charge is -2.16. The number of hydrogen-bond acceptors (Lipinski definition) is 4.